The van der Waals surface area contributed by atoms with Gasteiger partial charge in [0.15, 0.2) is 0 Å². The second kappa shape index (κ2) is 7.72. The van der Waals surface area contributed by atoms with Crippen molar-refractivity contribution in [3.05, 3.63) is 48.1 Å². The first-order valence-corrected chi connectivity index (χ1v) is 5.84. The first-order chi connectivity index (χ1) is 9.21. The second-order valence-electron chi connectivity index (χ2n) is 3.56. The summed E-state index contributed by atoms with van der Waals surface area (Å²) in [4.78, 5) is 11.6. The lowest BCUT2D eigenvalue weighted by atomic mass is 10.1. The number of hydrogen-bond donors (Lipinski definition) is 0. The molecule has 0 amide bonds. The van der Waals surface area contributed by atoms with Crippen molar-refractivity contribution < 1.29 is 14.3 Å². The van der Waals surface area contributed by atoms with E-state index in [0.29, 0.717) is 17.9 Å². The van der Waals surface area contributed by atoms with Crippen molar-refractivity contribution in [3.63, 3.8) is 0 Å². The minimum atomic E-state index is -0.663. The molecule has 0 heterocycles. The van der Waals surface area contributed by atoms with Crippen LogP contribution in [-0.4, -0.2) is 19.2 Å². The summed E-state index contributed by atoms with van der Waals surface area (Å²) < 4.78 is 10.2. The number of rotatable bonds is 6. The summed E-state index contributed by atoms with van der Waals surface area (Å²) in [5, 5.41) is 8.95. The lowest BCUT2D eigenvalue weighted by molar-refractivity contribution is -0.137. The standard InChI is InChI=1S/C15H15NO3/c1-3-8-19-15(17)13(11-16)9-12-6-5-7-14(10-12)18-4-2/h3,5-7,9-10H,1,4,8H2,2H3. The van der Waals surface area contributed by atoms with E-state index in [1.807, 2.05) is 19.1 Å². The van der Waals surface area contributed by atoms with Crippen LogP contribution in [0.1, 0.15) is 12.5 Å². The number of esters is 1. The first-order valence-electron chi connectivity index (χ1n) is 5.84. The normalized spacial score (nSPS) is 10.4. The van der Waals surface area contributed by atoms with Gasteiger partial charge in [0.05, 0.1) is 6.61 Å². The Bertz CT molecular complexity index is 526. The van der Waals surface area contributed by atoms with Crippen LogP contribution in [0.15, 0.2) is 42.5 Å². The Morgan fingerprint density at radius 2 is 2.32 bits per heavy atom. The Kier molecular flexibility index (Phi) is 5.90. The quantitative estimate of drug-likeness (QED) is 0.340. The lowest BCUT2D eigenvalue weighted by Crippen LogP contribution is -2.06. The third kappa shape index (κ3) is 4.68. The van der Waals surface area contributed by atoms with E-state index < -0.39 is 5.97 Å². The number of nitrogens with zero attached hydrogens (tertiary/aromatic N) is 1. The summed E-state index contributed by atoms with van der Waals surface area (Å²) in [6, 6.07) is 8.95. The molecule has 1 rings (SSSR count). The summed E-state index contributed by atoms with van der Waals surface area (Å²) in [5.41, 5.74) is 0.647. The van der Waals surface area contributed by atoms with Gasteiger partial charge >= 0.3 is 5.97 Å². The molecule has 0 N–H and O–H groups in total. The highest BCUT2D eigenvalue weighted by Gasteiger charge is 2.09. The van der Waals surface area contributed by atoms with E-state index in [4.69, 9.17) is 14.7 Å². The predicted octanol–water partition coefficient (Wildman–Crippen LogP) is 2.72. The summed E-state index contributed by atoms with van der Waals surface area (Å²) in [7, 11) is 0. The van der Waals surface area contributed by atoms with Gasteiger partial charge < -0.3 is 9.47 Å². The Morgan fingerprint density at radius 3 is 2.95 bits per heavy atom. The monoisotopic (exact) mass is 257 g/mol. The van der Waals surface area contributed by atoms with Crippen LogP contribution >= 0.6 is 0 Å². The molecule has 0 saturated heterocycles. The van der Waals surface area contributed by atoms with Gasteiger partial charge in [0.2, 0.25) is 0 Å². The minimum Gasteiger partial charge on any atom is -0.494 e. The van der Waals surface area contributed by atoms with Crippen LogP contribution < -0.4 is 4.74 Å². The number of ether oxygens (including phenoxy) is 2. The molecule has 0 aliphatic carbocycles. The van der Waals surface area contributed by atoms with Crippen LogP contribution in [0.3, 0.4) is 0 Å². The number of benzene rings is 1. The maximum Gasteiger partial charge on any atom is 0.349 e. The van der Waals surface area contributed by atoms with Crippen molar-refractivity contribution in [2.75, 3.05) is 13.2 Å². The van der Waals surface area contributed by atoms with Crippen LogP contribution in [-0.2, 0) is 9.53 Å². The number of carbonyl (C=O) groups excluding carboxylic acids is 1. The highest BCUT2D eigenvalue weighted by molar-refractivity contribution is 5.97. The van der Waals surface area contributed by atoms with E-state index in [1.54, 1.807) is 18.2 Å². The van der Waals surface area contributed by atoms with Gasteiger partial charge in [0.1, 0.15) is 24.0 Å². The van der Waals surface area contributed by atoms with E-state index >= 15 is 0 Å². The molecule has 0 spiro atoms. The van der Waals surface area contributed by atoms with Crippen molar-refractivity contribution in [2.45, 2.75) is 6.92 Å². The summed E-state index contributed by atoms with van der Waals surface area (Å²) in [6.07, 6.45) is 2.91. The molecule has 0 atom stereocenters. The molecule has 0 aliphatic heterocycles. The Balaban J connectivity index is 2.91. The topological polar surface area (TPSA) is 59.3 Å². The summed E-state index contributed by atoms with van der Waals surface area (Å²) in [6.45, 7) is 5.96. The molecular formula is C15H15NO3. The van der Waals surface area contributed by atoms with Crippen molar-refractivity contribution in [3.8, 4) is 11.8 Å². The molecule has 0 fully saturated rings. The Morgan fingerprint density at radius 1 is 1.53 bits per heavy atom. The molecule has 19 heavy (non-hydrogen) atoms. The van der Waals surface area contributed by atoms with Crippen LogP contribution in [0.5, 0.6) is 5.75 Å². The molecule has 0 aromatic heterocycles. The number of carbonyl (C=O) groups is 1. The molecular weight excluding hydrogens is 242 g/mol. The van der Waals surface area contributed by atoms with Gasteiger partial charge in [0.25, 0.3) is 0 Å². The van der Waals surface area contributed by atoms with Gasteiger partial charge in [-0.3, -0.25) is 0 Å². The zero-order valence-electron chi connectivity index (χ0n) is 10.8. The minimum absolute atomic E-state index is 0.0597. The summed E-state index contributed by atoms with van der Waals surface area (Å²) in [5.74, 6) is 0.0252. The van der Waals surface area contributed by atoms with E-state index in [9.17, 15) is 4.79 Å². The second-order valence-corrected chi connectivity index (χ2v) is 3.56. The van der Waals surface area contributed by atoms with Gasteiger partial charge in [-0.25, -0.2) is 4.79 Å². The molecule has 0 unspecified atom stereocenters. The summed E-state index contributed by atoms with van der Waals surface area (Å²) >= 11 is 0. The molecule has 0 aliphatic rings. The fraction of sp³-hybridized carbons (Fsp3) is 0.200. The SMILES string of the molecule is C=CCOC(=O)C(C#N)=Cc1cccc(OCC)c1. The fourth-order valence-corrected chi connectivity index (χ4v) is 1.38. The lowest BCUT2D eigenvalue weighted by Gasteiger charge is -2.04. The average molecular weight is 257 g/mol. The van der Waals surface area contributed by atoms with Crippen LogP contribution in [0.25, 0.3) is 6.08 Å². The number of nitriles is 1. The zero-order valence-corrected chi connectivity index (χ0v) is 10.8. The van der Waals surface area contributed by atoms with E-state index in [1.165, 1.54) is 12.2 Å². The largest absolute Gasteiger partial charge is 0.494 e. The molecule has 1 aromatic rings. The maximum absolute atomic E-state index is 11.6. The molecule has 98 valence electrons. The fourth-order valence-electron chi connectivity index (χ4n) is 1.38. The third-order valence-corrected chi connectivity index (χ3v) is 2.15. The van der Waals surface area contributed by atoms with Crippen LogP contribution in [0.2, 0.25) is 0 Å². The first kappa shape index (κ1) is 14.5. The molecule has 0 saturated carbocycles. The van der Waals surface area contributed by atoms with Crippen molar-refractivity contribution in [1.82, 2.24) is 0 Å². The average Bonchev–Trinajstić information content (AvgIpc) is 2.43. The highest BCUT2D eigenvalue weighted by Crippen LogP contribution is 2.16. The Labute approximate surface area is 112 Å². The van der Waals surface area contributed by atoms with E-state index in [2.05, 4.69) is 6.58 Å². The van der Waals surface area contributed by atoms with E-state index in [0.717, 1.165) is 0 Å². The van der Waals surface area contributed by atoms with Crippen molar-refractivity contribution in [2.24, 2.45) is 0 Å². The molecule has 4 nitrogen and oxygen atoms in total. The number of hydrogen-bond acceptors (Lipinski definition) is 4. The van der Waals surface area contributed by atoms with Crippen LogP contribution in [0.4, 0.5) is 0 Å². The molecule has 4 heteroatoms. The van der Waals surface area contributed by atoms with Crippen molar-refractivity contribution >= 4 is 12.0 Å². The molecule has 0 radical (unpaired) electrons. The molecule has 1 aromatic carbocycles. The van der Waals surface area contributed by atoms with Crippen molar-refractivity contribution in [1.29, 1.82) is 5.26 Å². The molecule has 0 bridgehead atoms. The highest BCUT2D eigenvalue weighted by atomic mass is 16.5. The predicted molar refractivity (Wildman–Crippen MR) is 72.4 cm³/mol. The van der Waals surface area contributed by atoms with Gasteiger partial charge in [0, 0.05) is 0 Å². The van der Waals surface area contributed by atoms with Gasteiger partial charge in [-0.15, -0.1) is 0 Å². The smallest absolute Gasteiger partial charge is 0.349 e. The van der Waals surface area contributed by atoms with Gasteiger partial charge in [-0.05, 0) is 30.7 Å². The zero-order chi connectivity index (χ0) is 14.1. The van der Waals surface area contributed by atoms with E-state index in [-0.39, 0.29) is 12.2 Å². The van der Waals surface area contributed by atoms with Gasteiger partial charge in [-0.1, -0.05) is 24.8 Å². The maximum atomic E-state index is 11.6. The van der Waals surface area contributed by atoms with Gasteiger partial charge in [-0.2, -0.15) is 5.26 Å². The third-order valence-electron chi connectivity index (χ3n) is 2.15. The van der Waals surface area contributed by atoms with Crippen LogP contribution in [0, 0.1) is 11.3 Å². The Hall–Kier alpha value is -2.54.